The second kappa shape index (κ2) is 3.88. The number of aromatic nitrogens is 3. The highest BCUT2D eigenvalue weighted by atomic mass is 16.2. The van der Waals surface area contributed by atoms with Crippen LogP contribution in [0.15, 0.2) is 6.20 Å². The summed E-state index contributed by atoms with van der Waals surface area (Å²) in [5, 5.41) is 10.2. The van der Waals surface area contributed by atoms with Crippen LogP contribution in [0.25, 0.3) is 0 Å². The molecule has 1 heterocycles. The van der Waals surface area contributed by atoms with E-state index >= 15 is 0 Å². The number of rotatable bonds is 2. The lowest BCUT2D eigenvalue weighted by atomic mass is 10.1. The molecule has 0 aliphatic heterocycles. The van der Waals surface area contributed by atoms with Gasteiger partial charge in [-0.15, -0.1) is 5.10 Å². The SMILES string of the molecule is CC(C(=O)NC(C)(C)C)n1cc(N)nn1. The maximum absolute atomic E-state index is 11.7. The van der Waals surface area contributed by atoms with E-state index in [1.54, 1.807) is 6.92 Å². The van der Waals surface area contributed by atoms with Crippen LogP contribution in [0.5, 0.6) is 0 Å². The predicted octanol–water partition coefficient (Wildman–Crippen LogP) is 0.336. The molecule has 1 rings (SSSR count). The van der Waals surface area contributed by atoms with Gasteiger partial charge in [-0.25, -0.2) is 4.68 Å². The van der Waals surface area contributed by atoms with Crippen molar-refractivity contribution in [3.05, 3.63) is 6.20 Å². The van der Waals surface area contributed by atoms with Gasteiger partial charge in [0.25, 0.3) is 0 Å². The van der Waals surface area contributed by atoms with Crippen LogP contribution in [0.3, 0.4) is 0 Å². The van der Waals surface area contributed by atoms with Crippen LogP contribution in [0, 0.1) is 0 Å². The van der Waals surface area contributed by atoms with Gasteiger partial charge >= 0.3 is 0 Å². The van der Waals surface area contributed by atoms with Crippen molar-refractivity contribution in [1.29, 1.82) is 0 Å². The van der Waals surface area contributed by atoms with Gasteiger partial charge in [-0.1, -0.05) is 5.21 Å². The quantitative estimate of drug-likeness (QED) is 0.738. The summed E-state index contributed by atoms with van der Waals surface area (Å²) in [4.78, 5) is 11.7. The molecular weight excluding hydrogens is 194 g/mol. The Hall–Kier alpha value is -1.59. The van der Waals surface area contributed by atoms with Crippen LogP contribution in [0.1, 0.15) is 33.7 Å². The zero-order valence-electron chi connectivity index (χ0n) is 9.48. The number of carbonyl (C=O) groups excluding carboxylic acids is 1. The van der Waals surface area contributed by atoms with Crippen molar-refractivity contribution in [3.63, 3.8) is 0 Å². The molecule has 6 nitrogen and oxygen atoms in total. The number of nitrogens with one attached hydrogen (secondary N) is 1. The van der Waals surface area contributed by atoms with Crippen molar-refractivity contribution in [2.24, 2.45) is 0 Å². The maximum Gasteiger partial charge on any atom is 0.245 e. The van der Waals surface area contributed by atoms with Gasteiger partial charge in [-0.3, -0.25) is 4.79 Å². The van der Waals surface area contributed by atoms with Crippen LogP contribution >= 0.6 is 0 Å². The summed E-state index contributed by atoms with van der Waals surface area (Å²) in [6.45, 7) is 7.52. The van der Waals surface area contributed by atoms with Gasteiger partial charge in [0.2, 0.25) is 5.91 Å². The van der Waals surface area contributed by atoms with E-state index in [0.717, 1.165) is 0 Å². The Morgan fingerprint density at radius 1 is 1.60 bits per heavy atom. The molecule has 1 atom stereocenters. The van der Waals surface area contributed by atoms with Crippen LogP contribution in [0.2, 0.25) is 0 Å². The van der Waals surface area contributed by atoms with Gasteiger partial charge in [0.1, 0.15) is 6.04 Å². The predicted molar refractivity (Wildman–Crippen MR) is 57.0 cm³/mol. The number of nitrogen functional groups attached to an aromatic ring is 1. The molecule has 0 saturated carbocycles. The summed E-state index contributed by atoms with van der Waals surface area (Å²) in [6.07, 6.45) is 1.53. The molecule has 1 aromatic rings. The highest BCUT2D eigenvalue weighted by molar-refractivity contribution is 5.80. The fourth-order valence-electron chi connectivity index (χ4n) is 1.07. The highest BCUT2D eigenvalue weighted by Gasteiger charge is 2.21. The molecule has 0 fully saturated rings. The minimum Gasteiger partial charge on any atom is -0.381 e. The Kier molecular flexibility index (Phi) is 2.97. The number of carbonyl (C=O) groups is 1. The van der Waals surface area contributed by atoms with Crippen LogP contribution in [-0.4, -0.2) is 26.4 Å². The lowest BCUT2D eigenvalue weighted by Gasteiger charge is -2.23. The molecule has 0 spiro atoms. The normalized spacial score (nSPS) is 13.6. The lowest BCUT2D eigenvalue weighted by Crippen LogP contribution is -2.43. The zero-order valence-corrected chi connectivity index (χ0v) is 9.48. The van der Waals surface area contributed by atoms with Gasteiger partial charge in [-0.05, 0) is 27.7 Å². The van der Waals surface area contributed by atoms with Gasteiger partial charge in [-0.2, -0.15) is 0 Å². The minimum atomic E-state index is -0.408. The molecule has 1 amide bonds. The fraction of sp³-hybridized carbons (Fsp3) is 0.667. The number of amides is 1. The zero-order chi connectivity index (χ0) is 11.6. The largest absolute Gasteiger partial charge is 0.381 e. The monoisotopic (exact) mass is 211 g/mol. The molecule has 6 heteroatoms. The summed E-state index contributed by atoms with van der Waals surface area (Å²) in [6, 6.07) is -0.408. The number of nitrogens with two attached hydrogens (primary N) is 1. The number of hydrogen-bond acceptors (Lipinski definition) is 4. The molecule has 15 heavy (non-hydrogen) atoms. The lowest BCUT2D eigenvalue weighted by molar-refractivity contribution is -0.125. The van der Waals surface area contributed by atoms with Crippen molar-refractivity contribution in [1.82, 2.24) is 20.3 Å². The van der Waals surface area contributed by atoms with E-state index in [4.69, 9.17) is 5.73 Å². The summed E-state index contributed by atoms with van der Waals surface area (Å²) in [5.74, 6) is 0.206. The van der Waals surface area contributed by atoms with E-state index < -0.39 is 6.04 Å². The molecule has 1 unspecified atom stereocenters. The number of hydrogen-bond donors (Lipinski definition) is 2. The second-order valence-electron chi connectivity index (χ2n) is 4.54. The first-order chi connectivity index (χ1) is 6.79. The molecule has 0 radical (unpaired) electrons. The first kappa shape index (κ1) is 11.5. The van der Waals surface area contributed by atoms with E-state index in [1.165, 1.54) is 10.9 Å². The van der Waals surface area contributed by atoms with E-state index in [-0.39, 0.29) is 11.4 Å². The number of nitrogens with zero attached hydrogens (tertiary/aromatic N) is 3. The Bertz CT molecular complexity index is 352. The van der Waals surface area contributed by atoms with Crippen molar-refractivity contribution in [3.8, 4) is 0 Å². The van der Waals surface area contributed by atoms with Crippen LogP contribution in [0.4, 0.5) is 5.82 Å². The third-order valence-corrected chi connectivity index (χ3v) is 1.80. The molecule has 84 valence electrons. The van der Waals surface area contributed by atoms with Crippen molar-refractivity contribution in [2.75, 3.05) is 5.73 Å². The third kappa shape index (κ3) is 3.23. The topological polar surface area (TPSA) is 85.8 Å². The van der Waals surface area contributed by atoms with Gasteiger partial charge in [0, 0.05) is 5.54 Å². The molecule has 0 aromatic carbocycles. The van der Waals surface area contributed by atoms with Gasteiger partial charge in [0.15, 0.2) is 5.82 Å². The molecule has 0 aliphatic carbocycles. The first-order valence-corrected chi connectivity index (χ1v) is 4.79. The Labute approximate surface area is 88.8 Å². The van der Waals surface area contributed by atoms with Crippen molar-refractivity contribution < 1.29 is 4.79 Å². The Morgan fingerprint density at radius 3 is 2.60 bits per heavy atom. The summed E-state index contributed by atoms with van der Waals surface area (Å²) in [5.41, 5.74) is 5.17. The maximum atomic E-state index is 11.7. The molecule has 1 aromatic heterocycles. The highest BCUT2D eigenvalue weighted by Crippen LogP contribution is 2.08. The van der Waals surface area contributed by atoms with Crippen molar-refractivity contribution >= 4 is 11.7 Å². The second-order valence-corrected chi connectivity index (χ2v) is 4.54. The van der Waals surface area contributed by atoms with Gasteiger partial charge in [0.05, 0.1) is 6.20 Å². The molecule has 3 N–H and O–H groups in total. The molecule has 0 aliphatic rings. The summed E-state index contributed by atoms with van der Waals surface area (Å²) >= 11 is 0. The van der Waals surface area contributed by atoms with Crippen LogP contribution in [-0.2, 0) is 4.79 Å². The smallest absolute Gasteiger partial charge is 0.245 e. The standard InChI is InChI=1S/C9H17N5O/c1-6(8(15)11-9(2,3)4)14-5-7(10)12-13-14/h5-6H,10H2,1-4H3,(H,11,15). The van der Waals surface area contributed by atoms with Crippen molar-refractivity contribution in [2.45, 2.75) is 39.3 Å². The summed E-state index contributed by atoms with van der Waals surface area (Å²) in [7, 11) is 0. The molecule has 0 bridgehead atoms. The molecule has 0 saturated heterocycles. The average Bonchev–Trinajstić information content (AvgIpc) is 2.47. The summed E-state index contributed by atoms with van der Waals surface area (Å²) < 4.78 is 1.44. The van der Waals surface area contributed by atoms with Gasteiger partial charge < -0.3 is 11.1 Å². The van der Waals surface area contributed by atoms with E-state index in [1.807, 2.05) is 20.8 Å². The number of anilines is 1. The minimum absolute atomic E-state index is 0.104. The fourth-order valence-corrected chi connectivity index (χ4v) is 1.07. The Balaban J connectivity index is 2.69. The first-order valence-electron chi connectivity index (χ1n) is 4.79. The van der Waals surface area contributed by atoms with E-state index in [0.29, 0.717) is 5.82 Å². The van der Waals surface area contributed by atoms with Crippen LogP contribution < -0.4 is 11.1 Å². The van der Waals surface area contributed by atoms with E-state index in [9.17, 15) is 4.79 Å². The molecular formula is C9H17N5O. The van der Waals surface area contributed by atoms with E-state index in [2.05, 4.69) is 15.6 Å². The Morgan fingerprint density at radius 2 is 2.20 bits per heavy atom. The third-order valence-electron chi connectivity index (χ3n) is 1.80. The average molecular weight is 211 g/mol.